The number of aliphatic carboxylic acids is 1. The second-order valence-corrected chi connectivity index (χ2v) is 5.40. The molecule has 1 N–H and O–H groups in total. The molecule has 0 radical (unpaired) electrons. The molecular weight excluding hydrogens is 266 g/mol. The van der Waals surface area contributed by atoms with Crippen LogP contribution in [-0.4, -0.2) is 53.2 Å². The number of piperazine rings is 1. The van der Waals surface area contributed by atoms with Crippen molar-refractivity contribution in [2.75, 3.05) is 31.1 Å². The number of hydrogen-bond acceptors (Lipinski definition) is 4. The van der Waals surface area contributed by atoms with Gasteiger partial charge in [-0.05, 0) is 25.1 Å². The molecular formula is C16H19N3O2. The first-order chi connectivity index (χ1) is 10.1. The predicted molar refractivity (Wildman–Crippen MR) is 82.6 cm³/mol. The van der Waals surface area contributed by atoms with Gasteiger partial charge in [0.15, 0.2) is 0 Å². The highest BCUT2D eigenvalue weighted by molar-refractivity contribution is 5.80. The van der Waals surface area contributed by atoms with Gasteiger partial charge in [-0.15, -0.1) is 0 Å². The fraction of sp³-hybridized carbons (Fsp3) is 0.375. The Labute approximate surface area is 123 Å². The fourth-order valence-corrected chi connectivity index (χ4v) is 2.73. The van der Waals surface area contributed by atoms with Crippen molar-refractivity contribution < 1.29 is 9.90 Å². The molecule has 2 heterocycles. The van der Waals surface area contributed by atoms with E-state index in [0.29, 0.717) is 0 Å². The summed E-state index contributed by atoms with van der Waals surface area (Å²) in [4.78, 5) is 19.9. The Kier molecular flexibility index (Phi) is 3.75. The smallest absolute Gasteiger partial charge is 0.320 e. The van der Waals surface area contributed by atoms with Gasteiger partial charge in [-0.1, -0.05) is 18.2 Å². The fourth-order valence-electron chi connectivity index (χ4n) is 2.73. The van der Waals surface area contributed by atoms with E-state index in [1.807, 2.05) is 29.2 Å². The molecule has 1 fully saturated rings. The summed E-state index contributed by atoms with van der Waals surface area (Å²) < 4.78 is 0. The number of rotatable bonds is 3. The van der Waals surface area contributed by atoms with Gasteiger partial charge in [-0.2, -0.15) is 0 Å². The molecule has 1 unspecified atom stereocenters. The highest BCUT2D eigenvalue weighted by atomic mass is 16.4. The number of pyridine rings is 1. The highest BCUT2D eigenvalue weighted by Crippen LogP contribution is 2.19. The van der Waals surface area contributed by atoms with E-state index in [-0.39, 0.29) is 0 Å². The van der Waals surface area contributed by atoms with Crippen molar-refractivity contribution in [3.63, 3.8) is 0 Å². The zero-order valence-corrected chi connectivity index (χ0v) is 12.1. The van der Waals surface area contributed by atoms with E-state index >= 15 is 0 Å². The number of aromatic nitrogens is 1. The summed E-state index contributed by atoms with van der Waals surface area (Å²) in [5.41, 5.74) is 0.997. The second kappa shape index (κ2) is 5.69. The molecule has 5 nitrogen and oxygen atoms in total. The SMILES string of the molecule is CC(C(=O)O)N1CCN(c2ccc3ccccc3n2)CC1. The van der Waals surface area contributed by atoms with Crippen LogP contribution in [0.25, 0.3) is 10.9 Å². The normalized spacial score (nSPS) is 17.9. The highest BCUT2D eigenvalue weighted by Gasteiger charge is 2.25. The van der Waals surface area contributed by atoms with Gasteiger partial charge in [0.25, 0.3) is 0 Å². The molecule has 0 bridgehead atoms. The number of carbonyl (C=O) groups is 1. The average molecular weight is 285 g/mol. The standard InChI is InChI=1S/C16H19N3O2/c1-12(16(20)21)18-8-10-19(11-9-18)15-7-6-13-4-2-3-5-14(13)17-15/h2-7,12H,8-11H2,1H3,(H,20,21). The lowest BCUT2D eigenvalue weighted by molar-refractivity contribution is -0.142. The van der Waals surface area contributed by atoms with Crippen LogP contribution in [-0.2, 0) is 4.79 Å². The topological polar surface area (TPSA) is 56.7 Å². The maximum Gasteiger partial charge on any atom is 0.320 e. The minimum Gasteiger partial charge on any atom is -0.480 e. The van der Waals surface area contributed by atoms with Gasteiger partial charge in [0.05, 0.1) is 5.52 Å². The van der Waals surface area contributed by atoms with Crippen LogP contribution in [0, 0.1) is 0 Å². The molecule has 0 saturated carbocycles. The number of benzene rings is 1. The summed E-state index contributed by atoms with van der Waals surface area (Å²) in [6.07, 6.45) is 0. The number of hydrogen-bond donors (Lipinski definition) is 1. The molecule has 1 saturated heterocycles. The summed E-state index contributed by atoms with van der Waals surface area (Å²) in [6.45, 7) is 4.86. The number of nitrogens with zero attached hydrogens (tertiary/aromatic N) is 3. The van der Waals surface area contributed by atoms with Crippen LogP contribution in [0.5, 0.6) is 0 Å². The van der Waals surface area contributed by atoms with E-state index in [9.17, 15) is 4.79 Å². The van der Waals surface area contributed by atoms with Crippen LogP contribution in [0.15, 0.2) is 36.4 Å². The minimum absolute atomic E-state index is 0.420. The molecule has 3 rings (SSSR count). The van der Waals surface area contributed by atoms with Crippen molar-refractivity contribution in [2.24, 2.45) is 0 Å². The van der Waals surface area contributed by atoms with E-state index in [4.69, 9.17) is 10.1 Å². The molecule has 0 aliphatic carbocycles. The van der Waals surface area contributed by atoms with Gasteiger partial charge in [0.2, 0.25) is 0 Å². The van der Waals surface area contributed by atoms with Crippen molar-refractivity contribution >= 4 is 22.7 Å². The van der Waals surface area contributed by atoms with Crippen molar-refractivity contribution in [1.29, 1.82) is 0 Å². The van der Waals surface area contributed by atoms with Gasteiger partial charge in [-0.25, -0.2) is 4.98 Å². The number of anilines is 1. The van der Waals surface area contributed by atoms with Crippen LogP contribution in [0.1, 0.15) is 6.92 Å². The summed E-state index contributed by atoms with van der Waals surface area (Å²) >= 11 is 0. The first kappa shape index (κ1) is 13.8. The van der Waals surface area contributed by atoms with Crippen LogP contribution < -0.4 is 4.90 Å². The molecule has 1 aliphatic heterocycles. The summed E-state index contributed by atoms with van der Waals surface area (Å²) in [6, 6.07) is 11.8. The zero-order valence-electron chi connectivity index (χ0n) is 12.1. The van der Waals surface area contributed by atoms with Crippen LogP contribution >= 0.6 is 0 Å². The van der Waals surface area contributed by atoms with Crippen molar-refractivity contribution in [2.45, 2.75) is 13.0 Å². The van der Waals surface area contributed by atoms with E-state index in [0.717, 1.165) is 42.9 Å². The molecule has 110 valence electrons. The molecule has 0 amide bonds. The Morgan fingerprint density at radius 3 is 2.57 bits per heavy atom. The number of para-hydroxylation sites is 1. The summed E-state index contributed by atoms with van der Waals surface area (Å²) in [5, 5.41) is 10.2. The molecule has 5 heteroatoms. The van der Waals surface area contributed by atoms with Crippen LogP contribution in [0.3, 0.4) is 0 Å². The van der Waals surface area contributed by atoms with E-state index in [1.54, 1.807) is 6.92 Å². The van der Waals surface area contributed by atoms with Crippen molar-refractivity contribution in [3.05, 3.63) is 36.4 Å². The first-order valence-corrected chi connectivity index (χ1v) is 7.23. The van der Waals surface area contributed by atoms with Gasteiger partial charge >= 0.3 is 5.97 Å². The molecule has 0 spiro atoms. The maximum absolute atomic E-state index is 11.0. The maximum atomic E-state index is 11.0. The minimum atomic E-state index is -0.757. The Bertz CT molecular complexity index is 651. The summed E-state index contributed by atoms with van der Waals surface area (Å²) in [7, 11) is 0. The van der Waals surface area contributed by atoms with Crippen molar-refractivity contribution in [3.8, 4) is 0 Å². The molecule has 2 aromatic rings. The van der Waals surface area contributed by atoms with Crippen LogP contribution in [0.2, 0.25) is 0 Å². The second-order valence-electron chi connectivity index (χ2n) is 5.40. The third kappa shape index (κ3) is 2.83. The van der Waals surface area contributed by atoms with Gasteiger partial charge in [0.1, 0.15) is 11.9 Å². The number of fused-ring (bicyclic) bond motifs is 1. The Morgan fingerprint density at radius 2 is 1.86 bits per heavy atom. The van der Waals surface area contributed by atoms with Gasteiger partial charge in [-0.3, -0.25) is 9.69 Å². The lowest BCUT2D eigenvalue weighted by Gasteiger charge is -2.37. The average Bonchev–Trinajstić information content (AvgIpc) is 2.54. The van der Waals surface area contributed by atoms with E-state index in [2.05, 4.69) is 17.0 Å². The Morgan fingerprint density at radius 1 is 1.14 bits per heavy atom. The van der Waals surface area contributed by atoms with E-state index in [1.165, 1.54) is 0 Å². The van der Waals surface area contributed by atoms with E-state index < -0.39 is 12.0 Å². The molecule has 1 aromatic heterocycles. The number of carboxylic acids is 1. The molecule has 21 heavy (non-hydrogen) atoms. The largest absolute Gasteiger partial charge is 0.480 e. The van der Waals surface area contributed by atoms with Gasteiger partial charge < -0.3 is 10.0 Å². The quantitative estimate of drug-likeness (QED) is 0.932. The molecule has 1 aliphatic rings. The molecule has 1 aromatic carbocycles. The third-order valence-corrected chi connectivity index (χ3v) is 4.13. The predicted octanol–water partition coefficient (Wildman–Crippen LogP) is 1.83. The van der Waals surface area contributed by atoms with Crippen LogP contribution in [0.4, 0.5) is 5.82 Å². The Hall–Kier alpha value is -2.14. The zero-order chi connectivity index (χ0) is 14.8. The van der Waals surface area contributed by atoms with Crippen molar-refractivity contribution in [1.82, 2.24) is 9.88 Å². The number of carboxylic acid groups (broad SMARTS) is 1. The lowest BCUT2D eigenvalue weighted by atomic mass is 10.2. The molecule has 1 atom stereocenters. The van der Waals surface area contributed by atoms with Gasteiger partial charge in [0, 0.05) is 31.6 Å². The third-order valence-electron chi connectivity index (χ3n) is 4.13. The Balaban J connectivity index is 1.72. The summed E-state index contributed by atoms with van der Waals surface area (Å²) in [5.74, 6) is 0.212. The lowest BCUT2D eigenvalue weighted by Crippen LogP contribution is -2.51. The monoisotopic (exact) mass is 285 g/mol. The first-order valence-electron chi connectivity index (χ1n) is 7.23.